The van der Waals surface area contributed by atoms with Gasteiger partial charge in [-0.2, -0.15) is 0 Å². The summed E-state index contributed by atoms with van der Waals surface area (Å²) in [7, 11) is 0. The molecule has 5 nitrogen and oxygen atoms in total. The number of hydrogen-bond donors (Lipinski definition) is 1. The molecule has 2 aromatic heterocycles. The molecule has 0 bridgehead atoms. The second-order valence-corrected chi connectivity index (χ2v) is 5.08. The van der Waals surface area contributed by atoms with Gasteiger partial charge in [-0.3, -0.25) is 4.79 Å². The molecule has 100 valence electrons. The maximum absolute atomic E-state index is 12.2. The van der Waals surface area contributed by atoms with Crippen LogP contribution in [0, 0.1) is 0 Å². The molecule has 20 heavy (non-hydrogen) atoms. The van der Waals surface area contributed by atoms with Crippen molar-refractivity contribution in [2.45, 2.75) is 18.9 Å². The SMILES string of the molecule is O=c1oc2ccccc2c2c1c(O)cc(=O)n2C1CC1. The normalized spacial score (nSPS) is 15.0. The first-order valence-corrected chi connectivity index (χ1v) is 6.47. The second kappa shape index (κ2) is 3.72. The summed E-state index contributed by atoms with van der Waals surface area (Å²) in [5.41, 5.74) is -0.00685. The van der Waals surface area contributed by atoms with Crippen LogP contribution < -0.4 is 11.2 Å². The van der Waals surface area contributed by atoms with Gasteiger partial charge < -0.3 is 14.1 Å². The van der Waals surface area contributed by atoms with Gasteiger partial charge in [-0.1, -0.05) is 12.1 Å². The highest BCUT2D eigenvalue weighted by Gasteiger charge is 2.28. The number of aromatic hydroxyl groups is 1. The third-order valence-corrected chi connectivity index (χ3v) is 3.69. The largest absolute Gasteiger partial charge is 0.507 e. The van der Waals surface area contributed by atoms with Crippen LogP contribution in [0.3, 0.4) is 0 Å². The molecule has 3 aromatic rings. The first-order chi connectivity index (χ1) is 9.66. The fourth-order valence-electron chi connectivity index (χ4n) is 2.67. The molecule has 0 radical (unpaired) electrons. The van der Waals surface area contributed by atoms with Gasteiger partial charge >= 0.3 is 5.63 Å². The highest BCUT2D eigenvalue weighted by atomic mass is 16.4. The van der Waals surface area contributed by atoms with E-state index in [0.717, 1.165) is 18.9 Å². The van der Waals surface area contributed by atoms with E-state index in [0.29, 0.717) is 16.5 Å². The molecule has 0 aliphatic heterocycles. The second-order valence-electron chi connectivity index (χ2n) is 5.08. The number of fused-ring (bicyclic) bond motifs is 3. The Kier molecular flexibility index (Phi) is 2.10. The summed E-state index contributed by atoms with van der Waals surface area (Å²) in [5, 5.41) is 10.7. The molecule has 1 aromatic carbocycles. The molecule has 0 saturated heterocycles. The van der Waals surface area contributed by atoms with E-state index >= 15 is 0 Å². The van der Waals surface area contributed by atoms with Crippen LogP contribution in [-0.2, 0) is 0 Å². The summed E-state index contributed by atoms with van der Waals surface area (Å²) in [5.74, 6) is -0.318. The number of para-hydroxylation sites is 1. The van der Waals surface area contributed by atoms with E-state index in [4.69, 9.17) is 4.42 Å². The van der Waals surface area contributed by atoms with Crippen LogP contribution in [0.1, 0.15) is 18.9 Å². The summed E-state index contributed by atoms with van der Waals surface area (Å²) in [4.78, 5) is 24.2. The Morgan fingerprint density at radius 1 is 1.20 bits per heavy atom. The average molecular weight is 269 g/mol. The van der Waals surface area contributed by atoms with Gasteiger partial charge in [-0.25, -0.2) is 4.79 Å². The number of hydrogen-bond acceptors (Lipinski definition) is 4. The van der Waals surface area contributed by atoms with E-state index in [1.807, 2.05) is 6.07 Å². The van der Waals surface area contributed by atoms with Crippen LogP contribution in [0.15, 0.2) is 44.3 Å². The fourth-order valence-corrected chi connectivity index (χ4v) is 2.67. The lowest BCUT2D eigenvalue weighted by Crippen LogP contribution is -2.20. The van der Waals surface area contributed by atoms with Crippen molar-refractivity contribution in [3.8, 4) is 5.75 Å². The van der Waals surface area contributed by atoms with E-state index in [2.05, 4.69) is 0 Å². The van der Waals surface area contributed by atoms with Crippen LogP contribution in [-0.4, -0.2) is 9.67 Å². The van der Waals surface area contributed by atoms with Crippen LogP contribution in [0.25, 0.3) is 21.9 Å². The van der Waals surface area contributed by atoms with Crippen molar-refractivity contribution in [2.75, 3.05) is 0 Å². The zero-order valence-corrected chi connectivity index (χ0v) is 10.5. The molecular formula is C15H11NO4. The number of rotatable bonds is 1. The first-order valence-electron chi connectivity index (χ1n) is 6.47. The summed E-state index contributed by atoms with van der Waals surface area (Å²) >= 11 is 0. The Labute approximate surface area is 112 Å². The van der Waals surface area contributed by atoms with E-state index in [9.17, 15) is 14.7 Å². The highest BCUT2D eigenvalue weighted by molar-refractivity contribution is 6.04. The van der Waals surface area contributed by atoms with Gasteiger partial charge in [0.2, 0.25) is 0 Å². The van der Waals surface area contributed by atoms with Crippen LogP contribution >= 0.6 is 0 Å². The molecule has 1 aliphatic rings. The van der Waals surface area contributed by atoms with Crippen LogP contribution in [0.2, 0.25) is 0 Å². The maximum atomic E-state index is 12.2. The van der Waals surface area contributed by atoms with Gasteiger partial charge in [0, 0.05) is 17.5 Å². The molecule has 2 heterocycles. The Morgan fingerprint density at radius 2 is 1.95 bits per heavy atom. The molecule has 0 unspecified atom stereocenters. The fraction of sp³-hybridized carbons (Fsp3) is 0.200. The van der Waals surface area contributed by atoms with Gasteiger partial charge in [0.15, 0.2) is 0 Å². The van der Waals surface area contributed by atoms with Gasteiger partial charge in [-0.15, -0.1) is 0 Å². The molecule has 0 atom stereocenters. The molecule has 1 aliphatic carbocycles. The van der Waals surface area contributed by atoms with Crippen molar-refractivity contribution >= 4 is 21.9 Å². The highest BCUT2D eigenvalue weighted by Crippen LogP contribution is 2.38. The third kappa shape index (κ3) is 1.43. The molecule has 1 N–H and O–H groups in total. The van der Waals surface area contributed by atoms with Gasteiger partial charge in [0.05, 0.1) is 5.52 Å². The molecule has 0 amide bonds. The predicted octanol–water partition coefficient (Wildman–Crippen LogP) is 2.15. The Balaban J connectivity index is 2.38. The summed E-state index contributed by atoms with van der Waals surface area (Å²) < 4.78 is 6.83. The van der Waals surface area contributed by atoms with E-state index < -0.39 is 5.63 Å². The maximum Gasteiger partial charge on any atom is 0.349 e. The monoisotopic (exact) mass is 269 g/mol. The topological polar surface area (TPSA) is 72.4 Å². The molecule has 0 spiro atoms. The van der Waals surface area contributed by atoms with Gasteiger partial charge in [0.25, 0.3) is 5.56 Å². The lowest BCUT2D eigenvalue weighted by Gasteiger charge is -2.11. The number of pyridine rings is 1. The van der Waals surface area contributed by atoms with Crippen molar-refractivity contribution in [3.63, 3.8) is 0 Å². The zero-order valence-electron chi connectivity index (χ0n) is 10.5. The molecule has 1 saturated carbocycles. The van der Waals surface area contributed by atoms with Gasteiger partial charge in [0.1, 0.15) is 16.7 Å². The number of aromatic nitrogens is 1. The van der Waals surface area contributed by atoms with E-state index in [1.165, 1.54) is 0 Å². The quantitative estimate of drug-likeness (QED) is 0.542. The Bertz CT molecular complexity index is 963. The molecule has 1 fully saturated rings. The first kappa shape index (κ1) is 11.3. The van der Waals surface area contributed by atoms with Crippen molar-refractivity contribution in [1.82, 2.24) is 4.57 Å². The minimum absolute atomic E-state index is 0.0789. The number of nitrogens with zero attached hydrogens (tertiary/aromatic N) is 1. The average Bonchev–Trinajstić information content (AvgIpc) is 3.22. The van der Waals surface area contributed by atoms with E-state index in [1.54, 1.807) is 22.8 Å². The van der Waals surface area contributed by atoms with Crippen LogP contribution in [0.5, 0.6) is 5.75 Å². The zero-order chi connectivity index (χ0) is 13.9. The minimum Gasteiger partial charge on any atom is -0.507 e. The Hall–Kier alpha value is -2.56. The van der Waals surface area contributed by atoms with Gasteiger partial charge in [-0.05, 0) is 25.0 Å². The standard InChI is InChI=1S/C15H11NO4/c17-10-7-12(18)16(8-5-6-8)14-9-3-1-2-4-11(9)20-15(19)13(10)14/h1-4,7-8,17H,5-6H2. The third-order valence-electron chi connectivity index (χ3n) is 3.69. The smallest absolute Gasteiger partial charge is 0.349 e. The Morgan fingerprint density at radius 3 is 2.70 bits per heavy atom. The lowest BCUT2D eigenvalue weighted by molar-refractivity contribution is 0.474. The van der Waals surface area contributed by atoms with Crippen molar-refractivity contribution in [1.29, 1.82) is 0 Å². The molecule has 5 heteroatoms. The summed E-state index contributed by atoms with van der Waals surface area (Å²) in [6.07, 6.45) is 1.82. The summed E-state index contributed by atoms with van der Waals surface area (Å²) in [6.45, 7) is 0. The molecule has 4 rings (SSSR count). The number of benzene rings is 1. The predicted molar refractivity (Wildman–Crippen MR) is 74.2 cm³/mol. The van der Waals surface area contributed by atoms with E-state index in [-0.39, 0.29) is 22.7 Å². The minimum atomic E-state index is -0.620. The van der Waals surface area contributed by atoms with Crippen molar-refractivity contribution in [3.05, 3.63) is 51.1 Å². The van der Waals surface area contributed by atoms with Crippen molar-refractivity contribution in [2.24, 2.45) is 0 Å². The van der Waals surface area contributed by atoms with Crippen LogP contribution in [0.4, 0.5) is 0 Å². The van der Waals surface area contributed by atoms with Crippen molar-refractivity contribution < 1.29 is 9.52 Å². The lowest BCUT2D eigenvalue weighted by atomic mass is 10.1. The molecular weight excluding hydrogens is 258 g/mol. The summed E-state index contributed by atoms with van der Waals surface area (Å²) in [6, 6.07) is 8.25.